The fraction of sp³-hybridized carbons (Fsp3) is 0.0263. The highest BCUT2D eigenvalue weighted by Gasteiger charge is 2.16. The van der Waals surface area contributed by atoms with Gasteiger partial charge in [-0.15, -0.1) is 11.3 Å². The van der Waals surface area contributed by atoms with Crippen LogP contribution in [0.1, 0.15) is 12.5 Å². The highest BCUT2D eigenvalue weighted by molar-refractivity contribution is 7.26. The van der Waals surface area contributed by atoms with E-state index in [9.17, 15) is 0 Å². The molecule has 2 heterocycles. The van der Waals surface area contributed by atoms with E-state index < -0.39 is 0 Å². The van der Waals surface area contributed by atoms with Gasteiger partial charge in [-0.1, -0.05) is 103 Å². The van der Waals surface area contributed by atoms with E-state index in [0.29, 0.717) is 11.6 Å². The maximum absolute atomic E-state index is 6.35. The first-order valence-corrected chi connectivity index (χ1v) is 14.8. The number of rotatable bonds is 4. The second-order valence-electron chi connectivity index (χ2n) is 10.6. The van der Waals surface area contributed by atoms with E-state index in [-0.39, 0.29) is 0 Å². The lowest BCUT2D eigenvalue weighted by Crippen LogP contribution is -1.95. The summed E-state index contributed by atoms with van der Waals surface area (Å²) < 4.78 is 8.55. The molecule has 2 aromatic heterocycles. The molecule has 8 rings (SSSR count). The van der Waals surface area contributed by atoms with Crippen molar-refractivity contribution in [1.29, 1.82) is 0 Å². The quantitative estimate of drug-likeness (QED) is 0.218. The molecule has 8 aromatic rings. The molecule has 0 spiro atoms. The molecule has 0 aliphatic rings. The summed E-state index contributed by atoms with van der Waals surface area (Å²) in [7, 11) is 0. The van der Waals surface area contributed by atoms with Gasteiger partial charge in [0.1, 0.15) is 11.3 Å². The maximum Gasteiger partial charge on any atom is 0.217 e. The van der Waals surface area contributed by atoms with E-state index in [0.717, 1.165) is 38.6 Å². The molecule has 2 N–H and O–H groups in total. The molecular formula is C38H26N2OS. The number of nitrogen functional groups attached to an aromatic ring is 1. The minimum absolute atomic E-state index is 0.333. The molecular weight excluding hydrogens is 532 g/mol. The van der Waals surface area contributed by atoms with Gasteiger partial charge in [0, 0.05) is 25.9 Å². The minimum atomic E-state index is 0.333. The van der Waals surface area contributed by atoms with Crippen molar-refractivity contribution >= 4 is 70.5 Å². The van der Waals surface area contributed by atoms with Gasteiger partial charge in [-0.05, 0) is 69.8 Å². The van der Waals surface area contributed by atoms with E-state index in [1.165, 1.54) is 36.9 Å². The van der Waals surface area contributed by atoms with Crippen LogP contribution in [-0.2, 0) is 0 Å². The van der Waals surface area contributed by atoms with Crippen molar-refractivity contribution in [3.05, 3.63) is 133 Å². The fourth-order valence-corrected chi connectivity index (χ4v) is 7.22. The molecule has 200 valence electrons. The van der Waals surface area contributed by atoms with Crippen LogP contribution < -0.4 is 5.73 Å². The zero-order valence-corrected chi connectivity index (χ0v) is 23.8. The lowest BCUT2D eigenvalue weighted by molar-refractivity contribution is 0.638. The molecule has 0 aliphatic heterocycles. The second kappa shape index (κ2) is 9.72. The predicted molar refractivity (Wildman–Crippen MR) is 180 cm³/mol. The van der Waals surface area contributed by atoms with Crippen LogP contribution in [0, 0.1) is 0 Å². The van der Waals surface area contributed by atoms with E-state index >= 15 is 0 Å². The zero-order chi connectivity index (χ0) is 28.2. The summed E-state index contributed by atoms with van der Waals surface area (Å²) in [6.45, 7) is 2.03. The Morgan fingerprint density at radius 2 is 1.38 bits per heavy atom. The average molecular weight is 559 g/mol. The third-order valence-electron chi connectivity index (χ3n) is 8.05. The second-order valence-corrected chi connectivity index (χ2v) is 11.7. The minimum Gasteiger partial charge on any atom is -0.439 e. The van der Waals surface area contributed by atoms with Crippen LogP contribution in [0.4, 0.5) is 11.6 Å². The largest absolute Gasteiger partial charge is 0.439 e. The van der Waals surface area contributed by atoms with Crippen molar-refractivity contribution in [2.24, 2.45) is 4.99 Å². The Balaban J connectivity index is 1.20. The molecule has 0 amide bonds. The molecule has 0 saturated carbocycles. The molecule has 0 bridgehead atoms. The Hall–Kier alpha value is -5.19. The third-order valence-corrected chi connectivity index (χ3v) is 9.27. The monoisotopic (exact) mass is 558 g/mol. The number of nitrogens with zero attached hydrogens (tertiary/aromatic N) is 1. The molecule has 0 aliphatic carbocycles. The normalized spacial score (nSPS) is 12.2. The lowest BCUT2D eigenvalue weighted by atomic mass is 9.96. The standard InChI is InChI=1S/C38H26N2OS/c1-23(40-36-35-29-14-3-2-9-24(29)19-20-33(35)41-38(36)39)25-10-6-11-26(21-25)27-12-7-13-28(22-27)30-16-8-17-32-31-15-4-5-18-34(31)42-37(30)32/h2-22H,39H2,1H3. The number of aliphatic imine (C=N–C) groups is 1. The van der Waals surface area contributed by atoms with Gasteiger partial charge in [0.05, 0.1) is 5.39 Å². The summed E-state index contributed by atoms with van der Waals surface area (Å²) in [5.41, 5.74) is 14.5. The van der Waals surface area contributed by atoms with E-state index in [1.807, 2.05) is 36.5 Å². The predicted octanol–water partition coefficient (Wildman–Crippen LogP) is 11.0. The number of hydrogen-bond acceptors (Lipinski definition) is 4. The van der Waals surface area contributed by atoms with Crippen molar-refractivity contribution in [3.63, 3.8) is 0 Å². The number of thiophene rings is 1. The van der Waals surface area contributed by atoms with Crippen molar-refractivity contribution in [2.75, 3.05) is 5.73 Å². The Morgan fingerprint density at radius 1 is 0.667 bits per heavy atom. The van der Waals surface area contributed by atoms with Crippen molar-refractivity contribution in [1.82, 2.24) is 0 Å². The van der Waals surface area contributed by atoms with Gasteiger partial charge in [-0.25, -0.2) is 4.99 Å². The summed E-state index contributed by atoms with van der Waals surface area (Å²) in [6, 6.07) is 44.9. The van der Waals surface area contributed by atoms with Gasteiger partial charge in [-0.3, -0.25) is 0 Å². The van der Waals surface area contributed by atoms with Crippen molar-refractivity contribution in [3.8, 4) is 22.3 Å². The molecule has 0 unspecified atom stereocenters. The summed E-state index contributed by atoms with van der Waals surface area (Å²) >= 11 is 1.86. The van der Waals surface area contributed by atoms with Gasteiger partial charge < -0.3 is 10.2 Å². The average Bonchev–Trinajstić information content (AvgIpc) is 3.58. The summed E-state index contributed by atoms with van der Waals surface area (Å²) in [4.78, 5) is 5.02. The van der Waals surface area contributed by atoms with Crippen molar-refractivity contribution in [2.45, 2.75) is 6.92 Å². The highest BCUT2D eigenvalue weighted by atomic mass is 32.1. The first-order valence-electron chi connectivity index (χ1n) is 14.0. The summed E-state index contributed by atoms with van der Waals surface area (Å²) in [5, 5.41) is 5.79. The van der Waals surface area contributed by atoms with Gasteiger partial charge >= 0.3 is 0 Å². The van der Waals surface area contributed by atoms with Crippen LogP contribution in [0.25, 0.3) is 64.2 Å². The first-order chi connectivity index (χ1) is 20.6. The molecule has 42 heavy (non-hydrogen) atoms. The summed E-state index contributed by atoms with van der Waals surface area (Å²) in [5.74, 6) is 0.333. The Kier molecular flexibility index (Phi) is 5.69. The number of anilines is 1. The number of nitrogens with two attached hydrogens (primary N) is 1. The Morgan fingerprint density at radius 3 is 2.29 bits per heavy atom. The fourth-order valence-electron chi connectivity index (χ4n) is 5.98. The van der Waals surface area contributed by atoms with Gasteiger partial charge in [0.15, 0.2) is 0 Å². The van der Waals surface area contributed by atoms with E-state index in [2.05, 4.69) is 109 Å². The number of furan rings is 1. The van der Waals surface area contributed by atoms with E-state index in [4.69, 9.17) is 15.1 Å². The molecule has 0 radical (unpaired) electrons. The van der Waals surface area contributed by atoms with Crippen LogP contribution in [0.15, 0.2) is 137 Å². The lowest BCUT2D eigenvalue weighted by Gasteiger charge is -2.09. The molecule has 6 aromatic carbocycles. The van der Waals surface area contributed by atoms with E-state index in [1.54, 1.807) is 0 Å². The number of benzene rings is 6. The van der Waals surface area contributed by atoms with Crippen LogP contribution in [0.2, 0.25) is 0 Å². The Bertz CT molecular complexity index is 2340. The van der Waals surface area contributed by atoms with Gasteiger partial charge in [-0.2, -0.15) is 0 Å². The van der Waals surface area contributed by atoms with Crippen LogP contribution in [-0.4, -0.2) is 5.71 Å². The number of hydrogen-bond donors (Lipinski definition) is 1. The zero-order valence-electron chi connectivity index (χ0n) is 23.0. The third kappa shape index (κ3) is 3.99. The smallest absolute Gasteiger partial charge is 0.217 e. The maximum atomic E-state index is 6.35. The first kappa shape index (κ1) is 24.6. The molecule has 4 heteroatoms. The van der Waals surface area contributed by atoms with Gasteiger partial charge in [0.2, 0.25) is 5.88 Å². The Labute approximate surface area is 247 Å². The van der Waals surface area contributed by atoms with Crippen LogP contribution in [0.5, 0.6) is 0 Å². The summed E-state index contributed by atoms with van der Waals surface area (Å²) in [6.07, 6.45) is 0. The van der Waals surface area contributed by atoms with Crippen LogP contribution in [0.3, 0.4) is 0 Å². The topological polar surface area (TPSA) is 51.5 Å². The molecule has 3 nitrogen and oxygen atoms in total. The van der Waals surface area contributed by atoms with Crippen LogP contribution >= 0.6 is 11.3 Å². The van der Waals surface area contributed by atoms with Gasteiger partial charge in [0.25, 0.3) is 0 Å². The molecule has 0 saturated heterocycles. The SMILES string of the molecule is CC(=Nc1c(N)oc2ccc3ccccc3c12)c1cccc(-c2cccc(-c3cccc4c3sc3ccccc34)c2)c1. The molecule has 0 fully saturated rings. The number of fused-ring (bicyclic) bond motifs is 6. The highest BCUT2D eigenvalue weighted by Crippen LogP contribution is 2.42. The molecule has 0 atom stereocenters. The van der Waals surface area contributed by atoms with Crippen molar-refractivity contribution < 1.29 is 4.42 Å².